The Kier molecular flexibility index (Phi) is 12.4. The summed E-state index contributed by atoms with van der Waals surface area (Å²) in [5.41, 5.74) is 1.23. The SMILES string of the molecule is CCCCC(CC)CN(CC(CC)CCCC)C(=O)c1ccccc1N=Nc1c(C)cc(=O)[nH]c1O. The van der Waals surface area contributed by atoms with E-state index in [0.29, 0.717) is 28.7 Å². The second-order valence-corrected chi connectivity index (χ2v) is 9.77. The van der Waals surface area contributed by atoms with Gasteiger partial charge < -0.3 is 10.0 Å². The van der Waals surface area contributed by atoms with Crippen molar-refractivity contribution in [3.8, 4) is 5.88 Å². The standard InChI is InChI=1S/C29H44N4O3/c1-6-10-14-22(8-3)19-33(20-23(9-4)15-11-7-2)29(36)24-16-12-13-17-25(24)31-32-27-21(5)18-26(34)30-28(27)35/h12-13,16-18,22-23H,6-11,14-15,19-20H2,1-5H3,(H2,30,34,35). The lowest BCUT2D eigenvalue weighted by Gasteiger charge is -2.31. The Labute approximate surface area is 216 Å². The fourth-order valence-electron chi connectivity index (χ4n) is 4.50. The van der Waals surface area contributed by atoms with Gasteiger partial charge in [-0.25, -0.2) is 0 Å². The van der Waals surface area contributed by atoms with Gasteiger partial charge in [-0.05, 0) is 49.3 Å². The minimum absolute atomic E-state index is 0.0307. The first kappa shape index (κ1) is 29.3. The largest absolute Gasteiger partial charge is 0.493 e. The van der Waals surface area contributed by atoms with Crippen molar-refractivity contribution in [3.05, 3.63) is 51.8 Å². The number of aromatic nitrogens is 1. The Morgan fingerprint density at radius 2 is 1.56 bits per heavy atom. The molecule has 0 saturated heterocycles. The molecule has 1 aromatic heterocycles. The molecule has 7 nitrogen and oxygen atoms in total. The van der Waals surface area contributed by atoms with Crippen LogP contribution < -0.4 is 5.56 Å². The Hall–Kier alpha value is -2.96. The van der Waals surface area contributed by atoms with Crippen LogP contribution in [-0.2, 0) is 0 Å². The van der Waals surface area contributed by atoms with Crippen LogP contribution in [-0.4, -0.2) is 34.0 Å². The number of H-pyrrole nitrogens is 1. The lowest BCUT2D eigenvalue weighted by atomic mass is 9.95. The van der Waals surface area contributed by atoms with Crippen LogP contribution in [0.25, 0.3) is 0 Å². The maximum atomic E-state index is 13.9. The van der Waals surface area contributed by atoms with Crippen LogP contribution >= 0.6 is 0 Å². The van der Waals surface area contributed by atoms with Crippen LogP contribution in [0.1, 0.15) is 95.0 Å². The molecule has 0 bridgehead atoms. The molecule has 0 radical (unpaired) electrons. The van der Waals surface area contributed by atoms with Crippen molar-refractivity contribution in [1.82, 2.24) is 9.88 Å². The summed E-state index contributed by atoms with van der Waals surface area (Å²) < 4.78 is 0. The number of amides is 1. The number of azo groups is 1. The Morgan fingerprint density at radius 3 is 2.08 bits per heavy atom. The van der Waals surface area contributed by atoms with Crippen molar-refractivity contribution in [1.29, 1.82) is 0 Å². The lowest BCUT2D eigenvalue weighted by Crippen LogP contribution is -2.39. The van der Waals surface area contributed by atoms with Gasteiger partial charge in [-0.15, -0.1) is 10.2 Å². The molecule has 2 unspecified atom stereocenters. The summed E-state index contributed by atoms with van der Waals surface area (Å²) in [6.07, 6.45) is 8.96. The van der Waals surface area contributed by atoms with Gasteiger partial charge in [0.05, 0.1) is 11.3 Å². The van der Waals surface area contributed by atoms with Crippen LogP contribution in [0.5, 0.6) is 5.88 Å². The summed E-state index contributed by atoms with van der Waals surface area (Å²) in [4.78, 5) is 29.9. The van der Waals surface area contributed by atoms with Crippen molar-refractivity contribution < 1.29 is 9.90 Å². The van der Waals surface area contributed by atoms with Crippen molar-refractivity contribution in [2.75, 3.05) is 13.1 Å². The first-order chi connectivity index (χ1) is 17.3. The predicted molar refractivity (Wildman–Crippen MR) is 147 cm³/mol. The fourth-order valence-corrected chi connectivity index (χ4v) is 4.50. The maximum absolute atomic E-state index is 13.9. The van der Waals surface area contributed by atoms with Crippen LogP contribution in [0, 0.1) is 18.8 Å². The number of hydrogen-bond acceptors (Lipinski definition) is 5. The number of benzene rings is 1. The zero-order valence-corrected chi connectivity index (χ0v) is 22.7. The van der Waals surface area contributed by atoms with E-state index in [-0.39, 0.29) is 17.5 Å². The lowest BCUT2D eigenvalue weighted by molar-refractivity contribution is 0.0685. The zero-order chi connectivity index (χ0) is 26.5. The molecule has 0 aliphatic rings. The number of hydrogen-bond donors (Lipinski definition) is 2. The average Bonchev–Trinajstić information content (AvgIpc) is 2.87. The van der Waals surface area contributed by atoms with E-state index in [2.05, 4.69) is 42.9 Å². The van der Waals surface area contributed by atoms with Gasteiger partial charge in [0.2, 0.25) is 5.88 Å². The summed E-state index contributed by atoms with van der Waals surface area (Å²) in [7, 11) is 0. The molecule has 0 spiro atoms. The number of unbranched alkanes of at least 4 members (excludes halogenated alkanes) is 2. The van der Waals surface area contributed by atoms with E-state index in [1.165, 1.54) is 18.9 Å². The molecule has 1 heterocycles. The highest BCUT2D eigenvalue weighted by Crippen LogP contribution is 2.30. The molecule has 0 fully saturated rings. The molecule has 2 aromatic rings. The molecular formula is C29H44N4O3. The highest BCUT2D eigenvalue weighted by Gasteiger charge is 2.24. The number of nitrogens with zero attached hydrogens (tertiary/aromatic N) is 3. The molecular weight excluding hydrogens is 452 g/mol. The van der Waals surface area contributed by atoms with E-state index in [4.69, 9.17) is 0 Å². The number of aromatic amines is 1. The summed E-state index contributed by atoms with van der Waals surface area (Å²) in [6, 6.07) is 8.57. The molecule has 0 aliphatic carbocycles. The van der Waals surface area contributed by atoms with Crippen LogP contribution in [0.4, 0.5) is 11.4 Å². The number of carbonyl (C=O) groups is 1. The third-order valence-corrected chi connectivity index (χ3v) is 6.91. The van der Waals surface area contributed by atoms with E-state index in [1.54, 1.807) is 19.1 Å². The van der Waals surface area contributed by atoms with E-state index >= 15 is 0 Å². The highest BCUT2D eigenvalue weighted by molar-refractivity contribution is 5.99. The average molecular weight is 497 g/mol. The minimum atomic E-state index is -0.405. The fraction of sp³-hybridized carbons (Fsp3) is 0.586. The summed E-state index contributed by atoms with van der Waals surface area (Å²) in [5, 5.41) is 18.6. The minimum Gasteiger partial charge on any atom is -0.493 e. The van der Waals surface area contributed by atoms with Crippen LogP contribution in [0.15, 0.2) is 45.4 Å². The second-order valence-electron chi connectivity index (χ2n) is 9.77. The Morgan fingerprint density at radius 1 is 0.972 bits per heavy atom. The van der Waals surface area contributed by atoms with Gasteiger partial charge in [-0.2, -0.15) is 0 Å². The van der Waals surface area contributed by atoms with Gasteiger partial charge in [-0.1, -0.05) is 78.4 Å². The van der Waals surface area contributed by atoms with Crippen LogP contribution in [0.3, 0.4) is 0 Å². The van der Waals surface area contributed by atoms with E-state index in [9.17, 15) is 14.7 Å². The van der Waals surface area contributed by atoms with Gasteiger partial charge in [0.25, 0.3) is 11.5 Å². The predicted octanol–water partition coefficient (Wildman–Crippen LogP) is 7.68. The number of nitrogens with one attached hydrogen (secondary N) is 1. The Bertz CT molecular complexity index is 1000. The van der Waals surface area contributed by atoms with E-state index in [0.717, 1.165) is 51.6 Å². The van der Waals surface area contributed by atoms with Crippen molar-refractivity contribution in [2.24, 2.45) is 22.1 Å². The number of rotatable bonds is 15. The molecule has 1 aromatic carbocycles. The molecule has 1 amide bonds. The van der Waals surface area contributed by atoms with Crippen LogP contribution in [0.2, 0.25) is 0 Å². The molecule has 7 heteroatoms. The third-order valence-electron chi connectivity index (χ3n) is 6.91. The highest BCUT2D eigenvalue weighted by atomic mass is 16.3. The van der Waals surface area contributed by atoms with E-state index in [1.807, 2.05) is 17.0 Å². The summed E-state index contributed by atoms with van der Waals surface area (Å²) in [6.45, 7) is 12.0. The zero-order valence-electron chi connectivity index (χ0n) is 22.7. The van der Waals surface area contributed by atoms with Crippen molar-refractivity contribution in [2.45, 2.75) is 86.0 Å². The molecule has 198 valence electrons. The molecule has 36 heavy (non-hydrogen) atoms. The van der Waals surface area contributed by atoms with Crippen molar-refractivity contribution >= 4 is 17.3 Å². The van der Waals surface area contributed by atoms with Gasteiger partial charge in [0.15, 0.2) is 0 Å². The van der Waals surface area contributed by atoms with Gasteiger partial charge in [0, 0.05) is 19.2 Å². The number of aromatic hydroxyl groups is 1. The first-order valence-corrected chi connectivity index (χ1v) is 13.6. The van der Waals surface area contributed by atoms with Gasteiger partial charge in [-0.3, -0.25) is 14.6 Å². The number of aryl methyl sites for hydroxylation is 1. The molecule has 2 N–H and O–H groups in total. The monoisotopic (exact) mass is 496 g/mol. The smallest absolute Gasteiger partial charge is 0.256 e. The molecule has 2 atom stereocenters. The molecule has 2 rings (SSSR count). The topological polar surface area (TPSA) is 98.1 Å². The second kappa shape index (κ2) is 15.2. The summed E-state index contributed by atoms with van der Waals surface area (Å²) >= 11 is 0. The molecule has 0 saturated carbocycles. The quantitative estimate of drug-likeness (QED) is 0.247. The number of pyridine rings is 1. The maximum Gasteiger partial charge on any atom is 0.256 e. The molecule has 0 aliphatic heterocycles. The van der Waals surface area contributed by atoms with E-state index < -0.39 is 5.56 Å². The number of carbonyl (C=O) groups excluding carboxylic acids is 1. The Balaban J connectivity index is 2.39. The van der Waals surface area contributed by atoms with Gasteiger partial charge >= 0.3 is 0 Å². The summed E-state index contributed by atoms with van der Waals surface area (Å²) in [5.74, 6) is 0.564. The van der Waals surface area contributed by atoms with Gasteiger partial charge in [0.1, 0.15) is 5.69 Å². The first-order valence-electron chi connectivity index (χ1n) is 13.6. The van der Waals surface area contributed by atoms with Crippen molar-refractivity contribution in [3.63, 3.8) is 0 Å². The normalized spacial score (nSPS) is 13.1. The third kappa shape index (κ3) is 8.61.